The average Bonchev–Trinajstić information content (AvgIpc) is 3.68. The molecular formula is C30H24F2N6O2S2. The second-order valence-electron chi connectivity index (χ2n) is 9.67. The molecule has 0 unspecified atom stereocenters. The molecule has 3 N–H and O–H groups in total. The van der Waals surface area contributed by atoms with Crippen molar-refractivity contribution in [3.63, 3.8) is 0 Å². The number of carbonyl (C=O) groups is 2. The second kappa shape index (κ2) is 10.7. The number of alkyl halides is 2. The van der Waals surface area contributed by atoms with Gasteiger partial charge in [-0.05, 0) is 51.1 Å². The van der Waals surface area contributed by atoms with Gasteiger partial charge in [-0.25, -0.2) is 18.7 Å². The third-order valence-corrected chi connectivity index (χ3v) is 9.01. The Balaban J connectivity index is 1.55. The molecule has 5 heterocycles. The van der Waals surface area contributed by atoms with Crippen molar-refractivity contribution >= 4 is 61.3 Å². The molecule has 0 saturated heterocycles. The zero-order valence-electron chi connectivity index (χ0n) is 22.7. The van der Waals surface area contributed by atoms with Gasteiger partial charge in [-0.15, -0.1) is 22.7 Å². The predicted molar refractivity (Wildman–Crippen MR) is 162 cm³/mol. The molecule has 0 atom stereocenters. The van der Waals surface area contributed by atoms with Gasteiger partial charge in [-0.3, -0.25) is 14.3 Å². The van der Waals surface area contributed by atoms with Gasteiger partial charge in [0.05, 0.1) is 28.2 Å². The highest BCUT2D eigenvalue weighted by Crippen LogP contribution is 2.44. The van der Waals surface area contributed by atoms with E-state index in [4.69, 9.17) is 10.7 Å². The van der Waals surface area contributed by atoms with Crippen molar-refractivity contribution in [1.29, 1.82) is 0 Å². The molecule has 0 fully saturated rings. The molecule has 0 saturated carbocycles. The molecular weight excluding hydrogens is 579 g/mol. The van der Waals surface area contributed by atoms with Crippen LogP contribution in [0.25, 0.3) is 42.8 Å². The van der Waals surface area contributed by atoms with Crippen LogP contribution in [0.1, 0.15) is 49.6 Å². The van der Waals surface area contributed by atoms with Crippen molar-refractivity contribution in [3.8, 4) is 21.7 Å². The summed E-state index contributed by atoms with van der Waals surface area (Å²) in [4.78, 5) is 37.4. The lowest BCUT2D eigenvalue weighted by Crippen LogP contribution is -2.17. The summed E-state index contributed by atoms with van der Waals surface area (Å²) in [7, 11) is 0. The fourth-order valence-electron chi connectivity index (χ4n) is 4.91. The van der Waals surface area contributed by atoms with E-state index in [9.17, 15) is 18.4 Å². The minimum Gasteiger partial charge on any atom is -0.365 e. The van der Waals surface area contributed by atoms with E-state index < -0.39 is 23.9 Å². The molecule has 6 rings (SSSR count). The third kappa shape index (κ3) is 4.82. The molecule has 0 aliphatic heterocycles. The number of nitrogens with zero attached hydrogens (tertiary/aromatic N) is 4. The number of pyridine rings is 2. The minimum atomic E-state index is -2.83. The summed E-state index contributed by atoms with van der Waals surface area (Å²) in [5, 5.41) is 8.40. The number of halogens is 2. The van der Waals surface area contributed by atoms with Crippen molar-refractivity contribution in [2.24, 2.45) is 5.73 Å². The number of hydrogen-bond acceptors (Lipinski definition) is 7. The first-order valence-electron chi connectivity index (χ1n) is 13.0. The summed E-state index contributed by atoms with van der Waals surface area (Å²) < 4.78 is 29.5. The zero-order chi connectivity index (χ0) is 29.7. The largest absolute Gasteiger partial charge is 0.365 e. The molecule has 5 aromatic heterocycles. The molecule has 12 heteroatoms. The summed E-state index contributed by atoms with van der Waals surface area (Å²) in [6.45, 7) is 6.44. The predicted octanol–water partition coefficient (Wildman–Crippen LogP) is 7.36. The Bertz CT molecular complexity index is 2030. The molecule has 0 aliphatic rings. The lowest BCUT2D eigenvalue weighted by molar-refractivity contribution is 0.100. The number of primary amides is 1. The Morgan fingerprint density at radius 3 is 2.50 bits per heavy atom. The normalized spacial score (nSPS) is 11.6. The standard InChI is InChI=1S/C30H24F2N6O2S2/c1-4-38-13-19(15(3)37-38)21-11-17(16-7-5-6-8-20(16)34-21)29(40)36-25-24-18(23-10-9-14(2)41-23)12-22(27(31)32)35-30(24)42-26(25)28(33)39/h5-13,27H,4H2,1-3H3,(H2,33,39)(H,36,40). The highest BCUT2D eigenvalue weighted by atomic mass is 32.1. The first-order chi connectivity index (χ1) is 20.1. The molecule has 2 amide bonds. The topological polar surface area (TPSA) is 116 Å². The van der Waals surface area contributed by atoms with E-state index in [0.717, 1.165) is 27.5 Å². The maximum Gasteiger partial charge on any atom is 0.280 e. The lowest BCUT2D eigenvalue weighted by atomic mass is 10.0. The van der Waals surface area contributed by atoms with E-state index in [1.807, 2.05) is 57.3 Å². The number of nitrogens with one attached hydrogen (secondary N) is 1. The van der Waals surface area contributed by atoms with E-state index in [1.54, 1.807) is 16.8 Å². The molecule has 0 spiro atoms. The summed E-state index contributed by atoms with van der Waals surface area (Å²) in [6, 6.07) is 13.9. The van der Waals surface area contributed by atoms with E-state index in [1.165, 1.54) is 17.4 Å². The Morgan fingerprint density at radius 2 is 1.83 bits per heavy atom. The van der Waals surface area contributed by atoms with Crippen LogP contribution in [0, 0.1) is 13.8 Å². The van der Waals surface area contributed by atoms with Gasteiger partial charge in [0.15, 0.2) is 0 Å². The van der Waals surface area contributed by atoms with Crippen molar-refractivity contribution in [2.75, 3.05) is 5.32 Å². The van der Waals surface area contributed by atoms with Gasteiger partial charge in [0.2, 0.25) is 0 Å². The molecule has 0 aliphatic carbocycles. The van der Waals surface area contributed by atoms with Gasteiger partial charge in [0.1, 0.15) is 15.4 Å². The second-order valence-corrected chi connectivity index (χ2v) is 12.0. The number of hydrogen-bond donors (Lipinski definition) is 2. The maximum atomic E-state index is 14.1. The van der Waals surface area contributed by atoms with Crippen LogP contribution in [0.15, 0.2) is 54.7 Å². The number of aryl methyl sites for hydroxylation is 3. The van der Waals surface area contributed by atoms with Crippen LogP contribution in [0.3, 0.4) is 0 Å². The number of nitrogens with two attached hydrogens (primary N) is 1. The van der Waals surface area contributed by atoms with Crippen LogP contribution in [-0.4, -0.2) is 31.6 Å². The molecule has 8 nitrogen and oxygen atoms in total. The fourth-order valence-corrected chi connectivity index (χ4v) is 6.81. The highest BCUT2D eigenvalue weighted by Gasteiger charge is 2.26. The van der Waals surface area contributed by atoms with Gasteiger partial charge >= 0.3 is 0 Å². The number of rotatable bonds is 7. The molecule has 1 aromatic carbocycles. The Labute approximate surface area is 246 Å². The summed E-state index contributed by atoms with van der Waals surface area (Å²) in [5.41, 5.74) is 8.93. The van der Waals surface area contributed by atoms with Gasteiger partial charge in [-0.1, -0.05) is 18.2 Å². The van der Waals surface area contributed by atoms with Crippen LogP contribution < -0.4 is 11.1 Å². The van der Waals surface area contributed by atoms with E-state index >= 15 is 0 Å². The van der Waals surface area contributed by atoms with Gasteiger partial charge in [-0.2, -0.15) is 5.10 Å². The number of benzene rings is 1. The molecule has 212 valence electrons. The number of amides is 2. The van der Waals surface area contributed by atoms with Crippen molar-refractivity contribution in [3.05, 3.63) is 81.4 Å². The molecule has 0 bridgehead atoms. The Morgan fingerprint density at radius 1 is 1.05 bits per heavy atom. The zero-order valence-corrected chi connectivity index (χ0v) is 24.4. The van der Waals surface area contributed by atoms with Crippen molar-refractivity contribution in [1.82, 2.24) is 19.7 Å². The van der Waals surface area contributed by atoms with E-state index in [-0.39, 0.29) is 15.4 Å². The van der Waals surface area contributed by atoms with Crippen LogP contribution in [0.2, 0.25) is 0 Å². The first-order valence-corrected chi connectivity index (χ1v) is 14.7. The van der Waals surface area contributed by atoms with E-state index in [2.05, 4.69) is 15.4 Å². The van der Waals surface area contributed by atoms with Crippen molar-refractivity contribution < 1.29 is 18.4 Å². The SMILES string of the molecule is CCn1cc(-c2cc(C(=O)Nc3c(C(N)=O)sc4nc(C(F)F)cc(-c5ccc(C)s5)c34)c3ccccc3n2)c(C)n1. The number of thiophene rings is 2. The number of aromatic nitrogens is 4. The number of carbonyl (C=O) groups excluding carboxylic acids is 2. The monoisotopic (exact) mass is 602 g/mol. The van der Waals surface area contributed by atoms with Gasteiger partial charge in [0, 0.05) is 44.4 Å². The third-order valence-electron chi connectivity index (χ3n) is 6.88. The van der Waals surface area contributed by atoms with Crippen LogP contribution >= 0.6 is 22.7 Å². The summed E-state index contributed by atoms with van der Waals surface area (Å²) in [5.74, 6) is -1.31. The smallest absolute Gasteiger partial charge is 0.280 e. The Hall–Kier alpha value is -4.55. The van der Waals surface area contributed by atoms with Crippen molar-refractivity contribution in [2.45, 2.75) is 33.7 Å². The quantitative estimate of drug-likeness (QED) is 0.198. The number of para-hydroxylation sites is 1. The molecule has 42 heavy (non-hydrogen) atoms. The summed E-state index contributed by atoms with van der Waals surface area (Å²) >= 11 is 2.29. The number of anilines is 1. The fraction of sp³-hybridized carbons (Fsp3) is 0.167. The minimum absolute atomic E-state index is 0.0189. The highest BCUT2D eigenvalue weighted by molar-refractivity contribution is 7.21. The first kappa shape index (κ1) is 27.6. The molecule has 6 aromatic rings. The van der Waals surface area contributed by atoms with Crippen LogP contribution in [0.4, 0.5) is 14.5 Å². The maximum absolute atomic E-state index is 14.1. The van der Waals surface area contributed by atoms with E-state index in [0.29, 0.717) is 44.5 Å². The Kier molecular flexibility index (Phi) is 7.03. The lowest BCUT2D eigenvalue weighted by Gasteiger charge is -2.12. The summed E-state index contributed by atoms with van der Waals surface area (Å²) in [6.07, 6.45) is -0.943. The average molecular weight is 603 g/mol. The molecule has 0 radical (unpaired) electrons. The van der Waals surface area contributed by atoms with Gasteiger partial charge in [0.25, 0.3) is 18.2 Å². The van der Waals surface area contributed by atoms with Crippen LogP contribution in [-0.2, 0) is 6.54 Å². The van der Waals surface area contributed by atoms with Crippen LogP contribution in [0.5, 0.6) is 0 Å². The number of fused-ring (bicyclic) bond motifs is 2. The van der Waals surface area contributed by atoms with Gasteiger partial charge < -0.3 is 11.1 Å².